The van der Waals surface area contributed by atoms with Gasteiger partial charge in [-0.15, -0.1) is 0 Å². The van der Waals surface area contributed by atoms with Crippen LogP contribution in [0.25, 0.3) is 22.6 Å². The average Bonchev–Trinajstić information content (AvgIpc) is 2.81. The first-order chi connectivity index (χ1) is 9.15. The number of pyridine rings is 1. The Hall–Kier alpha value is -2.36. The number of nitrogens with one attached hydrogen (secondary N) is 1. The van der Waals surface area contributed by atoms with E-state index in [1.807, 2.05) is 43.3 Å². The lowest BCUT2D eigenvalue weighted by Crippen LogP contribution is -2.10. The van der Waals surface area contributed by atoms with Gasteiger partial charge in [-0.1, -0.05) is 24.3 Å². The summed E-state index contributed by atoms with van der Waals surface area (Å²) >= 11 is 0. The highest BCUT2D eigenvalue weighted by molar-refractivity contribution is 5.78. The van der Waals surface area contributed by atoms with Gasteiger partial charge in [-0.2, -0.15) is 0 Å². The molecular weight excluding hydrogens is 236 g/mol. The third-order valence-electron chi connectivity index (χ3n) is 3.19. The first-order valence-corrected chi connectivity index (χ1v) is 6.25. The highest BCUT2D eigenvalue weighted by Gasteiger charge is 2.09. The molecule has 2 aromatic heterocycles. The number of rotatable bonds is 2. The van der Waals surface area contributed by atoms with Crippen LogP contribution in [0.3, 0.4) is 0 Å². The Morgan fingerprint density at radius 2 is 1.79 bits per heavy atom. The number of aromatic amines is 1. The molecule has 1 N–H and O–H groups in total. The summed E-state index contributed by atoms with van der Waals surface area (Å²) in [6.07, 6.45) is 0. The fourth-order valence-electron chi connectivity index (χ4n) is 2.10. The molecule has 0 fully saturated rings. The van der Waals surface area contributed by atoms with E-state index in [0.717, 1.165) is 28.4 Å². The van der Waals surface area contributed by atoms with Gasteiger partial charge in [0.25, 0.3) is 0 Å². The van der Waals surface area contributed by atoms with E-state index in [9.17, 15) is 0 Å². The van der Waals surface area contributed by atoms with E-state index in [1.54, 1.807) is 0 Å². The van der Waals surface area contributed by atoms with Crippen molar-refractivity contribution in [3.63, 3.8) is 0 Å². The number of nitrogens with zero attached hydrogens (tertiary/aromatic N) is 3. The molecule has 0 spiro atoms. The summed E-state index contributed by atoms with van der Waals surface area (Å²) in [5.74, 6) is 1.78. The van der Waals surface area contributed by atoms with Gasteiger partial charge in [0.1, 0.15) is 11.6 Å². The quantitative estimate of drug-likeness (QED) is 0.762. The molecule has 0 unspecified atom stereocenters. The molecule has 0 saturated heterocycles. The summed E-state index contributed by atoms with van der Waals surface area (Å²) in [5.41, 5.74) is 4.04. The second-order valence-electron chi connectivity index (χ2n) is 4.84. The molecule has 0 bridgehead atoms. The topological polar surface area (TPSA) is 44.8 Å². The van der Waals surface area contributed by atoms with Crippen molar-refractivity contribution in [3.8, 4) is 11.4 Å². The maximum atomic E-state index is 4.59. The number of hydrogen-bond acceptors (Lipinski definition) is 3. The molecule has 0 radical (unpaired) electrons. The van der Waals surface area contributed by atoms with Gasteiger partial charge in [0, 0.05) is 19.7 Å². The molecule has 0 amide bonds. The van der Waals surface area contributed by atoms with Gasteiger partial charge < -0.3 is 9.88 Å². The Kier molecular flexibility index (Phi) is 2.71. The van der Waals surface area contributed by atoms with Gasteiger partial charge in [-0.05, 0) is 24.6 Å². The average molecular weight is 252 g/mol. The number of H-pyrrole nitrogens is 1. The maximum absolute atomic E-state index is 4.59. The van der Waals surface area contributed by atoms with Crippen LogP contribution in [0.5, 0.6) is 0 Å². The van der Waals surface area contributed by atoms with Gasteiger partial charge in [0.2, 0.25) is 0 Å². The zero-order valence-corrected chi connectivity index (χ0v) is 11.3. The normalized spacial score (nSPS) is 10.9. The second kappa shape index (κ2) is 4.39. The molecule has 0 saturated carbocycles. The molecule has 3 rings (SSSR count). The molecule has 1 aromatic carbocycles. The molecule has 0 atom stereocenters. The van der Waals surface area contributed by atoms with E-state index in [1.165, 1.54) is 5.56 Å². The van der Waals surface area contributed by atoms with Crippen molar-refractivity contribution in [2.24, 2.45) is 0 Å². The van der Waals surface area contributed by atoms with Crippen molar-refractivity contribution in [2.45, 2.75) is 6.92 Å². The minimum atomic E-state index is 0.754. The minimum Gasteiger partial charge on any atom is -0.363 e. The molecule has 4 heteroatoms. The lowest BCUT2D eigenvalue weighted by Gasteiger charge is -2.09. The zero-order valence-electron chi connectivity index (χ0n) is 11.3. The lowest BCUT2D eigenvalue weighted by molar-refractivity contribution is 1.08. The number of imidazole rings is 1. The summed E-state index contributed by atoms with van der Waals surface area (Å²) in [6, 6.07) is 12.2. The van der Waals surface area contributed by atoms with E-state index < -0.39 is 0 Å². The monoisotopic (exact) mass is 252 g/mol. The highest BCUT2D eigenvalue weighted by atomic mass is 15.1. The number of hydrogen-bond donors (Lipinski definition) is 1. The van der Waals surface area contributed by atoms with Crippen LogP contribution in [0.1, 0.15) is 5.56 Å². The van der Waals surface area contributed by atoms with Crippen molar-refractivity contribution in [2.75, 3.05) is 19.0 Å². The van der Waals surface area contributed by atoms with Crippen LogP contribution in [-0.4, -0.2) is 29.0 Å². The molecule has 3 aromatic rings. The van der Waals surface area contributed by atoms with Crippen LogP contribution >= 0.6 is 0 Å². The molecule has 2 heterocycles. The van der Waals surface area contributed by atoms with Crippen LogP contribution in [0, 0.1) is 6.92 Å². The molecule has 19 heavy (non-hydrogen) atoms. The number of fused-ring (bicyclic) bond motifs is 1. The van der Waals surface area contributed by atoms with E-state index in [0.29, 0.717) is 0 Å². The minimum absolute atomic E-state index is 0.754. The summed E-state index contributed by atoms with van der Waals surface area (Å²) in [4.78, 5) is 14.4. The zero-order chi connectivity index (χ0) is 13.4. The Labute approximate surface area is 112 Å². The van der Waals surface area contributed by atoms with Crippen LogP contribution in [0.4, 0.5) is 5.82 Å². The van der Waals surface area contributed by atoms with Crippen LogP contribution < -0.4 is 4.90 Å². The lowest BCUT2D eigenvalue weighted by atomic mass is 10.1. The number of aryl methyl sites for hydroxylation is 1. The third kappa shape index (κ3) is 2.05. The van der Waals surface area contributed by atoms with E-state index >= 15 is 0 Å². The summed E-state index contributed by atoms with van der Waals surface area (Å²) in [5, 5.41) is 0. The highest BCUT2D eigenvalue weighted by Crippen LogP contribution is 2.23. The largest absolute Gasteiger partial charge is 0.363 e. The number of aromatic nitrogens is 3. The van der Waals surface area contributed by atoms with Gasteiger partial charge in [0.15, 0.2) is 5.65 Å². The van der Waals surface area contributed by atoms with Crippen molar-refractivity contribution in [1.29, 1.82) is 0 Å². The summed E-state index contributed by atoms with van der Waals surface area (Å²) < 4.78 is 0. The Morgan fingerprint density at radius 3 is 2.53 bits per heavy atom. The first kappa shape index (κ1) is 11.7. The van der Waals surface area contributed by atoms with Gasteiger partial charge >= 0.3 is 0 Å². The predicted molar refractivity (Wildman–Crippen MR) is 78.4 cm³/mol. The van der Waals surface area contributed by atoms with E-state index in [-0.39, 0.29) is 0 Å². The Morgan fingerprint density at radius 1 is 1.00 bits per heavy atom. The van der Waals surface area contributed by atoms with Crippen LogP contribution in [0.2, 0.25) is 0 Å². The van der Waals surface area contributed by atoms with Crippen molar-refractivity contribution in [3.05, 3.63) is 42.0 Å². The molecule has 4 nitrogen and oxygen atoms in total. The van der Waals surface area contributed by atoms with Crippen molar-refractivity contribution >= 4 is 17.0 Å². The van der Waals surface area contributed by atoms with Crippen molar-refractivity contribution in [1.82, 2.24) is 15.0 Å². The Bertz CT molecular complexity index is 728. The Balaban J connectivity index is 2.14. The molecular formula is C15H16N4. The molecule has 0 aliphatic heterocycles. The van der Waals surface area contributed by atoms with Crippen molar-refractivity contribution < 1.29 is 0 Å². The molecule has 0 aliphatic carbocycles. The van der Waals surface area contributed by atoms with Crippen LogP contribution in [0.15, 0.2) is 36.4 Å². The number of anilines is 1. The van der Waals surface area contributed by atoms with Gasteiger partial charge in [0.05, 0.1) is 5.52 Å². The van der Waals surface area contributed by atoms with Crippen LogP contribution in [-0.2, 0) is 0 Å². The third-order valence-corrected chi connectivity index (χ3v) is 3.19. The number of benzene rings is 1. The summed E-state index contributed by atoms with van der Waals surface area (Å²) in [6.45, 7) is 2.08. The fraction of sp³-hybridized carbons (Fsp3) is 0.200. The smallest absolute Gasteiger partial charge is 0.180 e. The van der Waals surface area contributed by atoms with E-state index in [2.05, 4.69) is 34.0 Å². The molecule has 96 valence electrons. The maximum Gasteiger partial charge on any atom is 0.180 e. The summed E-state index contributed by atoms with van der Waals surface area (Å²) in [7, 11) is 3.95. The van der Waals surface area contributed by atoms with E-state index in [4.69, 9.17) is 0 Å². The van der Waals surface area contributed by atoms with Gasteiger partial charge in [-0.3, -0.25) is 0 Å². The van der Waals surface area contributed by atoms with Gasteiger partial charge in [-0.25, -0.2) is 9.97 Å². The predicted octanol–water partition coefficient (Wildman–Crippen LogP) is 3.00. The SMILES string of the molecule is Cc1ccccc1-c1nc2nc(N(C)C)ccc2[nH]1. The standard InChI is InChI=1S/C15H16N4/c1-10-6-4-5-7-11(10)14-16-12-8-9-13(19(2)3)17-15(12)18-14/h4-9H,1-3H3,(H,16,17,18). The molecule has 0 aliphatic rings. The fourth-order valence-corrected chi connectivity index (χ4v) is 2.10. The first-order valence-electron chi connectivity index (χ1n) is 6.25. The second-order valence-corrected chi connectivity index (χ2v) is 4.84.